The molecule has 3 saturated carbocycles. The van der Waals surface area contributed by atoms with Gasteiger partial charge in [0.25, 0.3) is 0 Å². The van der Waals surface area contributed by atoms with E-state index in [1.54, 1.807) is 13.0 Å². The Labute approximate surface area is 161 Å². The first-order chi connectivity index (χ1) is 12.7. The summed E-state index contributed by atoms with van der Waals surface area (Å²) < 4.78 is 5.78. The predicted molar refractivity (Wildman–Crippen MR) is 102 cm³/mol. The third kappa shape index (κ3) is 2.67. The standard InChI is InChI=1S/C23H30O4/c1-13(24)19-12-20(27-14(2)25)21-17-6-5-15-11-16(26)7-9-22(15,3)18(17)8-10-23(19,21)4/h7,9,11,17-21H,5-6,8,10,12H2,1-4H3/t17-,18+,19-,20+,21-,22+,23-/m1/s1. The number of hydrogen-bond acceptors (Lipinski definition) is 4. The monoisotopic (exact) mass is 370 g/mol. The van der Waals surface area contributed by atoms with E-state index >= 15 is 0 Å². The summed E-state index contributed by atoms with van der Waals surface area (Å²) in [6, 6.07) is 0. The summed E-state index contributed by atoms with van der Waals surface area (Å²) in [6.07, 6.45) is 10.1. The number of ether oxygens (including phenoxy) is 1. The summed E-state index contributed by atoms with van der Waals surface area (Å²) in [7, 11) is 0. The van der Waals surface area contributed by atoms with Crippen molar-refractivity contribution in [3.63, 3.8) is 0 Å². The van der Waals surface area contributed by atoms with Crippen molar-refractivity contribution in [1.82, 2.24) is 0 Å². The number of ketones is 2. The van der Waals surface area contributed by atoms with Gasteiger partial charge >= 0.3 is 5.97 Å². The van der Waals surface area contributed by atoms with Gasteiger partial charge < -0.3 is 4.74 Å². The fraction of sp³-hybridized carbons (Fsp3) is 0.696. The van der Waals surface area contributed by atoms with E-state index in [9.17, 15) is 14.4 Å². The number of carbonyl (C=O) groups is 3. The van der Waals surface area contributed by atoms with Crippen molar-refractivity contribution in [2.24, 2.45) is 34.5 Å². The molecule has 0 amide bonds. The van der Waals surface area contributed by atoms with Crippen molar-refractivity contribution >= 4 is 17.5 Å². The van der Waals surface area contributed by atoms with Crippen molar-refractivity contribution in [1.29, 1.82) is 0 Å². The van der Waals surface area contributed by atoms with Crippen LogP contribution in [-0.2, 0) is 19.1 Å². The van der Waals surface area contributed by atoms with Crippen LogP contribution in [0.1, 0.15) is 59.8 Å². The van der Waals surface area contributed by atoms with Crippen molar-refractivity contribution in [2.45, 2.75) is 65.9 Å². The van der Waals surface area contributed by atoms with Crippen LogP contribution in [-0.4, -0.2) is 23.6 Å². The zero-order valence-corrected chi connectivity index (χ0v) is 16.8. The Hall–Kier alpha value is -1.71. The number of allylic oxidation sites excluding steroid dienone is 4. The summed E-state index contributed by atoms with van der Waals surface area (Å²) in [5, 5.41) is 0. The second-order valence-corrected chi connectivity index (χ2v) is 9.61. The van der Waals surface area contributed by atoms with Gasteiger partial charge in [-0.25, -0.2) is 0 Å². The lowest BCUT2D eigenvalue weighted by Crippen LogP contribution is -2.52. The molecule has 27 heavy (non-hydrogen) atoms. The lowest BCUT2D eigenvalue weighted by atomic mass is 9.47. The molecule has 0 saturated heterocycles. The van der Waals surface area contributed by atoms with Crippen LogP contribution in [0.15, 0.2) is 23.8 Å². The normalized spacial score (nSPS) is 45.4. The van der Waals surface area contributed by atoms with Crippen LogP contribution in [0.5, 0.6) is 0 Å². The van der Waals surface area contributed by atoms with Crippen LogP contribution in [0.2, 0.25) is 0 Å². The van der Waals surface area contributed by atoms with Gasteiger partial charge in [0, 0.05) is 24.2 Å². The highest BCUT2D eigenvalue weighted by molar-refractivity contribution is 6.01. The van der Waals surface area contributed by atoms with Gasteiger partial charge in [-0.15, -0.1) is 0 Å². The SMILES string of the molecule is CC(=O)O[C@H]1C[C@H](C(C)=O)[C@@]2(C)CC[C@H]3[C@@H](CCC4=CC(=O)C=C[C@@]43C)[C@H]12. The Balaban J connectivity index is 1.73. The number of rotatable bonds is 2. The van der Waals surface area contributed by atoms with Crippen molar-refractivity contribution in [3.8, 4) is 0 Å². The summed E-state index contributed by atoms with van der Waals surface area (Å²) in [4.78, 5) is 36.1. The zero-order chi connectivity index (χ0) is 19.6. The molecule has 7 atom stereocenters. The highest BCUT2D eigenvalue weighted by atomic mass is 16.5. The molecule has 0 aromatic rings. The van der Waals surface area contributed by atoms with E-state index in [2.05, 4.69) is 19.9 Å². The molecule has 0 spiro atoms. The lowest BCUT2D eigenvalue weighted by Gasteiger charge is -2.57. The molecule has 4 rings (SSSR count). The van der Waals surface area contributed by atoms with E-state index in [1.165, 1.54) is 12.5 Å². The molecule has 0 heterocycles. The average molecular weight is 370 g/mol. The van der Waals surface area contributed by atoms with Gasteiger partial charge in [-0.3, -0.25) is 14.4 Å². The van der Waals surface area contributed by atoms with Crippen molar-refractivity contribution in [2.75, 3.05) is 0 Å². The molecular weight excluding hydrogens is 340 g/mol. The average Bonchev–Trinajstić information content (AvgIpc) is 2.87. The maximum atomic E-state index is 12.4. The molecule has 0 N–H and O–H groups in total. The first-order valence-corrected chi connectivity index (χ1v) is 10.3. The van der Waals surface area contributed by atoms with E-state index in [0.717, 1.165) is 25.7 Å². The molecule has 0 aromatic heterocycles. The van der Waals surface area contributed by atoms with E-state index in [4.69, 9.17) is 4.74 Å². The highest BCUT2D eigenvalue weighted by Crippen LogP contribution is 2.66. The van der Waals surface area contributed by atoms with Crippen LogP contribution in [0, 0.1) is 34.5 Å². The van der Waals surface area contributed by atoms with E-state index in [0.29, 0.717) is 18.3 Å². The summed E-state index contributed by atoms with van der Waals surface area (Å²) in [6.45, 7) is 7.67. The van der Waals surface area contributed by atoms with E-state index in [1.807, 2.05) is 6.08 Å². The molecule has 146 valence electrons. The van der Waals surface area contributed by atoms with Crippen LogP contribution in [0.25, 0.3) is 0 Å². The Bertz CT molecular complexity index is 762. The summed E-state index contributed by atoms with van der Waals surface area (Å²) in [5.41, 5.74) is 1.07. The minimum Gasteiger partial charge on any atom is -0.462 e. The largest absolute Gasteiger partial charge is 0.462 e. The fourth-order valence-electron chi connectivity index (χ4n) is 7.19. The minimum absolute atomic E-state index is 0.0268. The highest BCUT2D eigenvalue weighted by Gasteiger charge is 2.63. The molecular formula is C23H30O4. The Morgan fingerprint density at radius 1 is 1.19 bits per heavy atom. The van der Waals surface area contributed by atoms with Gasteiger partial charge in [0.05, 0.1) is 0 Å². The number of hydrogen-bond donors (Lipinski definition) is 0. The van der Waals surface area contributed by atoms with Crippen LogP contribution < -0.4 is 0 Å². The second kappa shape index (κ2) is 6.15. The molecule has 0 radical (unpaired) electrons. The minimum atomic E-state index is -0.251. The topological polar surface area (TPSA) is 60.4 Å². The fourth-order valence-corrected chi connectivity index (χ4v) is 7.19. The molecule has 3 fully saturated rings. The number of Topliss-reactive ketones (excluding diaryl/α,β-unsaturated/α-hetero) is 1. The third-order valence-electron chi connectivity index (χ3n) is 8.33. The number of fused-ring (bicyclic) bond motifs is 5. The third-order valence-corrected chi connectivity index (χ3v) is 8.33. The lowest BCUT2D eigenvalue weighted by molar-refractivity contribution is -0.154. The van der Waals surface area contributed by atoms with Crippen LogP contribution in [0.3, 0.4) is 0 Å². The van der Waals surface area contributed by atoms with Gasteiger partial charge in [0.1, 0.15) is 11.9 Å². The quantitative estimate of drug-likeness (QED) is 0.688. The first kappa shape index (κ1) is 18.6. The summed E-state index contributed by atoms with van der Waals surface area (Å²) >= 11 is 0. The molecule has 0 aliphatic heterocycles. The van der Waals surface area contributed by atoms with Crippen molar-refractivity contribution in [3.05, 3.63) is 23.8 Å². The Kier molecular flexibility index (Phi) is 4.25. The zero-order valence-electron chi connectivity index (χ0n) is 16.8. The van der Waals surface area contributed by atoms with Gasteiger partial charge in [-0.05, 0) is 68.4 Å². The second-order valence-electron chi connectivity index (χ2n) is 9.61. The van der Waals surface area contributed by atoms with E-state index in [-0.39, 0.29) is 46.3 Å². The van der Waals surface area contributed by atoms with E-state index < -0.39 is 0 Å². The molecule has 4 aliphatic carbocycles. The smallest absolute Gasteiger partial charge is 0.302 e. The Morgan fingerprint density at radius 2 is 1.93 bits per heavy atom. The molecule has 4 aliphatic rings. The number of carbonyl (C=O) groups excluding carboxylic acids is 3. The van der Waals surface area contributed by atoms with Crippen molar-refractivity contribution < 1.29 is 19.1 Å². The maximum Gasteiger partial charge on any atom is 0.302 e. The van der Waals surface area contributed by atoms with Gasteiger partial charge in [0.2, 0.25) is 0 Å². The Morgan fingerprint density at radius 3 is 2.59 bits per heavy atom. The van der Waals surface area contributed by atoms with Gasteiger partial charge in [0.15, 0.2) is 5.78 Å². The van der Waals surface area contributed by atoms with Crippen LogP contribution >= 0.6 is 0 Å². The van der Waals surface area contributed by atoms with Gasteiger partial charge in [-0.2, -0.15) is 0 Å². The number of esters is 1. The predicted octanol–water partition coefficient (Wildman–Crippen LogP) is 4.04. The summed E-state index contributed by atoms with van der Waals surface area (Å²) in [5.74, 6) is 1.11. The van der Waals surface area contributed by atoms with Crippen LogP contribution in [0.4, 0.5) is 0 Å². The first-order valence-electron chi connectivity index (χ1n) is 10.3. The molecule has 4 heteroatoms. The molecule has 0 aromatic carbocycles. The molecule has 4 nitrogen and oxygen atoms in total. The molecule has 0 bridgehead atoms. The molecule has 0 unspecified atom stereocenters. The maximum absolute atomic E-state index is 12.4. The van der Waals surface area contributed by atoms with Gasteiger partial charge in [-0.1, -0.05) is 25.5 Å².